The van der Waals surface area contributed by atoms with Crippen molar-refractivity contribution >= 4 is 17.9 Å². The third-order valence-electron chi connectivity index (χ3n) is 2.90. The van der Waals surface area contributed by atoms with Gasteiger partial charge in [-0.3, -0.25) is 9.59 Å². The number of aliphatic hydroxyl groups excluding tert-OH is 2. The van der Waals surface area contributed by atoms with E-state index in [-0.39, 0.29) is 26.4 Å². The topological polar surface area (TPSA) is 151 Å². The number of unbranched alkanes of at least 4 members (excludes halogenated alkanes) is 2. The van der Waals surface area contributed by atoms with Crippen molar-refractivity contribution in [1.82, 2.24) is 0 Å². The van der Waals surface area contributed by atoms with Gasteiger partial charge >= 0.3 is 17.9 Å². The SMILES string of the molecule is O=C(CC(O)(CC(=O)OCCCCO)C(=O)O)OCCCCO. The Kier molecular flexibility index (Phi) is 10.9. The van der Waals surface area contributed by atoms with Gasteiger partial charge in [0.05, 0.1) is 26.1 Å². The Morgan fingerprint density at radius 1 is 0.783 bits per heavy atom. The van der Waals surface area contributed by atoms with Crippen molar-refractivity contribution in [3.8, 4) is 0 Å². The molecular weight excluding hydrogens is 312 g/mol. The molecule has 4 N–H and O–H groups in total. The zero-order chi connectivity index (χ0) is 17.7. The van der Waals surface area contributed by atoms with Gasteiger partial charge in [-0.2, -0.15) is 0 Å². The van der Waals surface area contributed by atoms with Crippen LogP contribution in [0.15, 0.2) is 0 Å². The third kappa shape index (κ3) is 9.82. The lowest BCUT2D eigenvalue weighted by Gasteiger charge is -2.21. The van der Waals surface area contributed by atoms with Crippen LogP contribution in [0, 0.1) is 0 Å². The zero-order valence-corrected chi connectivity index (χ0v) is 12.9. The van der Waals surface area contributed by atoms with Gasteiger partial charge in [0, 0.05) is 13.2 Å². The number of hydrogen-bond donors (Lipinski definition) is 4. The molecule has 0 spiro atoms. The lowest BCUT2D eigenvalue weighted by atomic mass is 9.96. The number of ether oxygens (including phenoxy) is 2. The molecular formula is C14H24O9. The summed E-state index contributed by atoms with van der Waals surface area (Å²) in [6, 6.07) is 0. The number of carboxylic acid groups (broad SMARTS) is 1. The molecule has 23 heavy (non-hydrogen) atoms. The van der Waals surface area contributed by atoms with E-state index >= 15 is 0 Å². The maximum atomic E-state index is 11.5. The average Bonchev–Trinajstić information content (AvgIpc) is 2.48. The molecule has 0 saturated heterocycles. The van der Waals surface area contributed by atoms with Gasteiger partial charge in [0.15, 0.2) is 5.60 Å². The van der Waals surface area contributed by atoms with Crippen LogP contribution in [-0.2, 0) is 23.9 Å². The molecule has 0 aliphatic carbocycles. The van der Waals surface area contributed by atoms with E-state index in [1.54, 1.807) is 0 Å². The Hall–Kier alpha value is -1.71. The third-order valence-corrected chi connectivity index (χ3v) is 2.90. The maximum Gasteiger partial charge on any atom is 0.336 e. The fourth-order valence-electron chi connectivity index (χ4n) is 1.59. The van der Waals surface area contributed by atoms with Gasteiger partial charge in [-0.05, 0) is 25.7 Å². The second-order valence-electron chi connectivity index (χ2n) is 4.99. The summed E-state index contributed by atoms with van der Waals surface area (Å²) in [4.78, 5) is 34.2. The van der Waals surface area contributed by atoms with Gasteiger partial charge in [-0.1, -0.05) is 0 Å². The van der Waals surface area contributed by atoms with Gasteiger partial charge in [0.1, 0.15) is 0 Å². The van der Waals surface area contributed by atoms with E-state index < -0.39 is 36.4 Å². The monoisotopic (exact) mass is 336 g/mol. The maximum absolute atomic E-state index is 11.5. The average molecular weight is 336 g/mol. The van der Waals surface area contributed by atoms with Crippen LogP contribution in [0.5, 0.6) is 0 Å². The predicted octanol–water partition coefficient (Wildman–Crippen LogP) is -0.786. The van der Waals surface area contributed by atoms with Crippen molar-refractivity contribution in [3.05, 3.63) is 0 Å². The molecule has 0 aromatic rings. The molecule has 0 atom stereocenters. The van der Waals surface area contributed by atoms with Crippen LogP contribution in [0.25, 0.3) is 0 Å². The molecule has 0 fully saturated rings. The quantitative estimate of drug-likeness (QED) is 0.250. The number of aliphatic hydroxyl groups is 3. The summed E-state index contributed by atoms with van der Waals surface area (Å²) in [5, 5.41) is 36.1. The molecule has 134 valence electrons. The van der Waals surface area contributed by atoms with Crippen molar-refractivity contribution in [2.75, 3.05) is 26.4 Å². The van der Waals surface area contributed by atoms with Gasteiger partial charge < -0.3 is 29.9 Å². The van der Waals surface area contributed by atoms with Crippen LogP contribution in [0.3, 0.4) is 0 Å². The summed E-state index contributed by atoms with van der Waals surface area (Å²) < 4.78 is 9.46. The number of carboxylic acids is 1. The predicted molar refractivity (Wildman–Crippen MR) is 76.4 cm³/mol. The number of carbonyl (C=O) groups is 3. The van der Waals surface area contributed by atoms with Crippen LogP contribution in [0.2, 0.25) is 0 Å². The Balaban J connectivity index is 4.35. The van der Waals surface area contributed by atoms with E-state index in [1.807, 2.05) is 0 Å². The number of esters is 2. The Labute approximate surface area is 133 Å². The lowest BCUT2D eigenvalue weighted by Crippen LogP contribution is -2.43. The first-order valence-corrected chi connectivity index (χ1v) is 7.34. The minimum atomic E-state index is -2.60. The molecule has 0 bridgehead atoms. The highest BCUT2D eigenvalue weighted by atomic mass is 16.5. The molecule has 0 radical (unpaired) electrons. The van der Waals surface area contributed by atoms with Crippen LogP contribution in [0.1, 0.15) is 38.5 Å². The van der Waals surface area contributed by atoms with Crippen LogP contribution in [0.4, 0.5) is 0 Å². The normalized spacial score (nSPS) is 11.1. The highest BCUT2D eigenvalue weighted by molar-refractivity contribution is 5.88. The highest BCUT2D eigenvalue weighted by Gasteiger charge is 2.41. The molecule has 0 rings (SSSR count). The lowest BCUT2D eigenvalue weighted by molar-refractivity contribution is -0.173. The Morgan fingerprint density at radius 2 is 1.17 bits per heavy atom. The Morgan fingerprint density at radius 3 is 1.48 bits per heavy atom. The summed E-state index contributed by atoms with van der Waals surface area (Å²) in [6.45, 7) is -0.140. The summed E-state index contributed by atoms with van der Waals surface area (Å²) in [5.74, 6) is -3.64. The summed E-state index contributed by atoms with van der Waals surface area (Å²) in [5.41, 5.74) is -2.60. The first-order valence-electron chi connectivity index (χ1n) is 7.34. The number of aliphatic carboxylic acids is 1. The van der Waals surface area contributed by atoms with Crippen LogP contribution in [-0.4, -0.2) is 70.4 Å². The standard InChI is InChI=1S/C14H24O9/c15-5-1-3-7-22-11(17)9-14(21,13(19)20)10-12(18)23-8-4-2-6-16/h15-16,21H,1-10H2,(H,19,20). The van der Waals surface area contributed by atoms with Gasteiger partial charge in [0.25, 0.3) is 0 Å². The molecule has 0 heterocycles. The summed E-state index contributed by atoms with van der Waals surface area (Å²) in [6.07, 6.45) is -0.102. The van der Waals surface area contributed by atoms with Gasteiger partial charge in [-0.25, -0.2) is 4.79 Å². The fraction of sp³-hybridized carbons (Fsp3) is 0.786. The molecule has 0 aliphatic heterocycles. The van der Waals surface area contributed by atoms with Crippen molar-refractivity contribution in [2.45, 2.75) is 44.1 Å². The smallest absolute Gasteiger partial charge is 0.336 e. The van der Waals surface area contributed by atoms with E-state index in [1.165, 1.54) is 0 Å². The molecule has 0 aromatic carbocycles. The number of carbonyl (C=O) groups excluding carboxylic acids is 2. The summed E-state index contributed by atoms with van der Waals surface area (Å²) >= 11 is 0. The van der Waals surface area contributed by atoms with Gasteiger partial charge in [0.2, 0.25) is 0 Å². The molecule has 0 amide bonds. The highest BCUT2D eigenvalue weighted by Crippen LogP contribution is 2.18. The van der Waals surface area contributed by atoms with E-state index in [0.717, 1.165) is 0 Å². The molecule has 0 aliphatic rings. The van der Waals surface area contributed by atoms with Crippen LogP contribution < -0.4 is 0 Å². The van der Waals surface area contributed by atoms with Crippen molar-refractivity contribution in [2.24, 2.45) is 0 Å². The molecule has 0 saturated carbocycles. The fourth-order valence-corrected chi connectivity index (χ4v) is 1.59. The molecule has 9 heteroatoms. The molecule has 0 aromatic heterocycles. The van der Waals surface area contributed by atoms with Crippen molar-refractivity contribution in [1.29, 1.82) is 0 Å². The van der Waals surface area contributed by atoms with E-state index in [0.29, 0.717) is 25.7 Å². The minimum absolute atomic E-state index is 0.0132. The molecule has 0 unspecified atom stereocenters. The van der Waals surface area contributed by atoms with Crippen molar-refractivity contribution in [3.63, 3.8) is 0 Å². The number of hydrogen-bond acceptors (Lipinski definition) is 8. The second-order valence-corrected chi connectivity index (χ2v) is 4.99. The van der Waals surface area contributed by atoms with Gasteiger partial charge in [-0.15, -0.1) is 0 Å². The Bertz CT molecular complexity index is 354. The largest absolute Gasteiger partial charge is 0.479 e. The number of rotatable bonds is 13. The first kappa shape index (κ1) is 21.3. The first-order chi connectivity index (χ1) is 10.9. The minimum Gasteiger partial charge on any atom is -0.479 e. The molecule has 9 nitrogen and oxygen atoms in total. The zero-order valence-electron chi connectivity index (χ0n) is 12.9. The van der Waals surface area contributed by atoms with E-state index in [9.17, 15) is 19.5 Å². The van der Waals surface area contributed by atoms with E-state index in [4.69, 9.17) is 24.8 Å². The second kappa shape index (κ2) is 11.8. The summed E-state index contributed by atoms with van der Waals surface area (Å²) in [7, 11) is 0. The van der Waals surface area contributed by atoms with E-state index in [2.05, 4.69) is 0 Å². The van der Waals surface area contributed by atoms with Crippen LogP contribution >= 0.6 is 0 Å². The van der Waals surface area contributed by atoms with Crippen molar-refractivity contribution < 1.29 is 44.3 Å².